The second-order valence-corrected chi connectivity index (χ2v) is 6.53. The van der Waals surface area contributed by atoms with Gasteiger partial charge in [-0.2, -0.15) is 0 Å². The lowest BCUT2D eigenvalue weighted by molar-refractivity contribution is -0.139. The number of methoxy groups -OCH3 is 1. The number of carbonyl (C=O) groups is 3. The molecule has 2 N–H and O–H groups in total. The molecule has 170 valence electrons. The number of rotatable bonds is 9. The van der Waals surface area contributed by atoms with Crippen LogP contribution < -0.4 is 20.1 Å². The number of carbonyl (C=O) groups excluding carboxylic acids is 3. The number of hydrogen-bond acceptors (Lipinski definition) is 8. The average molecular weight is 444 g/mol. The number of amides is 2. The van der Waals surface area contributed by atoms with Gasteiger partial charge in [-0.25, -0.2) is 14.4 Å². The number of urea groups is 1. The summed E-state index contributed by atoms with van der Waals surface area (Å²) in [5.74, 6) is -0.144. The predicted molar refractivity (Wildman–Crippen MR) is 111 cm³/mol. The average Bonchev–Trinajstić information content (AvgIpc) is 3.32. The maximum atomic E-state index is 12.6. The lowest BCUT2D eigenvalue weighted by atomic mass is 10.0. The van der Waals surface area contributed by atoms with E-state index in [4.69, 9.17) is 23.4 Å². The van der Waals surface area contributed by atoms with Crippen LogP contribution in [0.4, 0.5) is 4.79 Å². The molecule has 32 heavy (non-hydrogen) atoms. The molecule has 1 aliphatic heterocycles. The summed E-state index contributed by atoms with van der Waals surface area (Å²) in [6.45, 7) is 3.69. The number of benzene rings is 1. The number of ether oxygens (including phenoxy) is 4. The summed E-state index contributed by atoms with van der Waals surface area (Å²) in [7, 11) is 1.46. The van der Waals surface area contributed by atoms with Gasteiger partial charge in [-0.3, -0.25) is 0 Å². The fourth-order valence-electron chi connectivity index (χ4n) is 3.14. The van der Waals surface area contributed by atoms with Gasteiger partial charge in [0.1, 0.15) is 18.4 Å². The van der Waals surface area contributed by atoms with Crippen LogP contribution in [0.2, 0.25) is 0 Å². The number of furan rings is 1. The van der Waals surface area contributed by atoms with Crippen molar-refractivity contribution in [3.05, 3.63) is 59.2 Å². The molecule has 10 heteroatoms. The largest absolute Gasteiger partial charge is 0.493 e. The van der Waals surface area contributed by atoms with Gasteiger partial charge in [-0.15, -0.1) is 0 Å². The molecular formula is C22H24N2O8. The van der Waals surface area contributed by atoms with Crippen molar-refractivity contribution in [2.45, 2.75) is 19.9 Å². The molecule has 0 aliphatic carbocycles. The molecule has 1 aliphatic rings. The van der Waals surface area contributed by atoms with Gasteiger partial charge in [0, 0.05) is 0 Å². The van der Waals surface area contributed by atoms with Crippen LogP contribution in [0.1, 0.15) is 36.0 Å². The zero-order chi connectivity index (χ0) is 23.1. The summed E-state index contributed by atoms with van der Waals surface area (Å²) >= 11 is 0. The zero-order valence-corrected chi connectivity index (χ0v) is 17.9. The van der Waals surface area contributed by atoms with E-state index < -0.39 is 24.0 Å². The zero-order valence-electron chi connectivity index (χ0n) is 17.9. The Kier molecular flexibility index (Phi) is 7.37. The number of nitrogens with one attached hydrogen (secondary N) is 2. The molecule has 2 heterocycles. The van der Waals surface area contributed by atoms with Crippen LogP contribution in [0.3, 0.4) is 0 Å². The molecule has 0 radical (unpaired) electrons. The van der Waals surface area contributed by atoms with Gasteiger partial charge < -0.3 is 34.0 Å². The van der Waals surface area contributed by atoms with E-state index in [0.29, 0.717) is 23.9 Å². The Balaban J connectivity index is 1.85. The summed E-state index contributed by atoms with van der Waals surface area (Å²) < 4.78 is 26.5. The lowest BCUT2D eigenvalue weighted by Crippen LogP contribution is -2.47. The summed E-state index contributed by atoms with van der Waals surface area (Å²) in [6.07, 6.45) is 1.42. The van der Waals surface area contributed by atoms with Gasteiger partial charge >= 0.3 is 18.0 Å². The van der Waals surface area contributed by atoms with Crippen molar-refractivity contribution >= 4 is 18.0 Å². The minimum absolute atomic E-state index is 0.0819. The SMILES string of the molecule is CCOC(=O)C1=C(COC(=O)c2ccc(OCC)c(OC)c2)NC(=O)NC1c1ccco1. The number of esters is 2. The molecule has 1 atom stereocenters. The molecule has 10 nitrogen and oxygen atoms in total. The Hall–Kier alpha value is -3.95. The van der Waals surface area contributed by atoms with E-state index >= 15 is 0 Å². The molecule has 3 rings (SSSR count). The van der Waals surface area contributed by atoms with Crippen LogP contribution in [0.5, 0.6) is 11.5 Å². The first kappa shape index (κ1) is 22.7. The summed E-state index contributed by atoms with van der Waals surface area (Å²) in [6, 6.07) is 6.40. The minimum atomic E-state index is -0.892. The molecule has 2 amide bonds. The van der Waals surface area contributed by atoms with E-state index in [1.54, 1.807) is 25.1 Å². The third-order valence-corrected chi connectivity index (χ3v) is 4.52. The highest BCUT2D eigenvalue weighted by atomic mass is 16.5. The van der Waals surface area contributed by atoms with Crippen molar-refractivity contribution in [1.29, 1.82) is 0 Å². The van der Waals surface area contributed by atoms with Crippen LogP contribution >= 0.6 is 0 Å². The molecule has 0 bridgehead atoms. The molecule has 0 spiro atoms. The maximum absolute atomic E-state index is 12.6. The molecule has 2 aromatic rings. The normalized spacial score (nSPS) is 15.5. The second-order valence-electron chi connectivity index (χ2n) is 6.53. The fraction of sp³-hybridized carbons (Fsp3) is 0.318. The van der Waals surface area contributed by atoms with E-state index in [0.717, 1.165) is 0 Å². The first-order valence-electron chi connectivity index (χ1n) is 9.97. The first-order valence-corrected chi connectivity index (χ1v) is 9.97. The monoisotopic (exact) mass is 444 g/mol. The van der Waals surface area contributed by atoms with E-state index in [1.807, 2.05) is 6.92 Å². The second kappa shape index (κ2) is 10.4. The van der Waals surface area contributed by atoms with Crippen LogP contribution in [-0.4, -0.2) is 44.9 Å². The van der Waals surface area contributed by atoms with Gasteiger partial charge in [0.25, 0.3) is 0 Å². The highest BCUT2D eigenvalue weighted by molar-refractivity contribution is 5.95. The van der Waals surface area contributed by atoms with Crippen molar-refractivity contribution in [3.63, 3.8) is 0 Å². The van der Waals surface area contributed by atoms with Gasteiger partial charge in [-0.05, 0) is 44.2 Å². The van der Waals surface area contributed by atoms with Gasteiger partial charge in [0.05, 0.1) is 43.4 Å². The third kappa shape index (κ3) is 5.02. The minimum Gasteiger partial charge on any atom is -0.493 e. The van der Waals surface area contributed by atoms with Crippen LogP contribution in [0.15, 0.2) is 52.3 Å². The Labute approximate surface area is 184 Å². The van der Waals surface area contributed by atoms with E-state index in [-0.39, 0.29) is 30.0 Å². The van der Waals surface area contributed by atoms with Crippen LogP contribution in [0.25, 0.3) is 0 Å². The Morgan fingerprint density at radius 2 is 1.88 bits per heavy atom. The highest BCUT2D eigenvalue weighted by Crippen LogP contribution is 2.30. The summed E-state index contributed by atoms with van der Waals surface area (Å²) in [5, 5.41) is 5.14. The van der Waals surface area contributed by atoms with Crippen LogP contribution in [-0.2, 0) is 14.3 Å². The van der Waals surface area contributed by atoms with E-state index in [1.165, 1.54) is 25.5 Å². The molecule has 0 saturated heterocycles. The molecule has 1 aromatic heterocycles. The third-order valence-electron chi connectivity index (χ3n) is 4.52. The van der Waals surface area contributed by atoms with Crippen molar-refractivity contribution in [3.8, 4) is 11.5 Å². The van der Waals surface area contributed by atoms with Gasteiger partial charge in [0.15, 0.2) is 11.5 Å². The maximum Gasteiger partial charge on any atom is 0.338 e. The molecular weight excluding hydrogens is 420 g/mol. The van der Waals surface area contributed by atoms with E-state index in [2.05, 4.69) is 10.6 Å². The van der Waals surface area contributed by atoms with Crippen molar-refractivity contribution in [2.24, 2.45) is 0 Å². The van der Waals surface area contributed by atoms with Crippen molar-refractivity contribution in [1.82, 2.24) is 10.6 Å². The first-order chi connectivity index (χ1) is 15.5. The number of hydrogen-bond donors (Lipinski definition) is 2. The van der Waals surface area contributed by atoms with Gasteiger partial charge in [0.2, 0.25) is 0 Å². The molecule has 0 fully saturated rings. The Morgan fingerprint density at radius 1 is 1.06 bits per heavy atom. The smallest absolute Gasteiger partial charge is 0.338 e. The summed E-state index contributed by atoms with van der Waals surface area (Å²) in [5.41, 5.74) is 0.393. The lowest BCUT2D eigenvalue weighted by Gasteiger charge is -2.27. The van der Waals surface area contributed by atoms with Crippen LogP contribution in [0, 0.1) is 0 Å². The molecule has 1 aromatic carbocycles. The van der Waals surface area contributed by atoms with Crippen molar-refractivity contribution in [2.75, 3.05) is 26.9 Å². The highest BCUT2D eigenvalue weighted by Gasteiger charge is 2.35. The van der Waals surface area contributed by atoms with E-state index in [9.17, 15) is 14.4 Å². The van der Waals surface area contributed by atoms with Crippen molar-refractivity contribution < 1.29 is 37.7 Å². The van der Waals surface area contributed by atoms with Gasteiger partial charge in [-0.1, -0.05) is 0 Å². The molecule has 0 saturated carbocycles. The quantitative estimate of drug-likeness (QED) is 0.566. The summed E-state index contributed by atoms with van der Waals surface area (Å²) in [4.78, 5) is 37.4. The fourth-order valence-corrected chi connectivity index (χ4v) is 3.14. The standard InChI is InChI=1S/C22H24N2O8/c1-4-29-15-9-8-13(11-17(15)28-3)20(25)32-12-14-18(21(26)30-5-2)19(24-22(27)23-14)16-7-6-10-31-16/h6-11,19H,4-5,12H2,1-3H3,(H2,23,24,27). The topological polar surface area (TPSA) is 125 Å². The molecule has 1 unspecified atom stereocenters. The predicted octanol–water partition coefficient (Wildman–Crippen LogP) is 2.72. The Morgan fingerprint density at radius 3 is 2.53 bits per heavy atom. The Bertz CT molecular complexity index is 1010.